The van der Waals surface area contributed by atoms with Gasteiger partial charge in [-0.05, 0) is 24.5 Å². The normalized spacial score (nSPS) is 17.5. The van der Waals surface area contributed by atoms with Crippen LogP contribution in [0.5, 0.6) is 5.75 Å². The number of aromatic nitrogens is 1. The van der Waals surface area contributed by atoms with E-state index in [9.17, 15) is 4.79 Å². The van der Waals surface area contributed by atoms with Gasteiger partial charge in [-0.3, -0.25) is 9.78 Å². The Labute approximate surface area is 129 Å². The van der Waals surface area contributed by atoms with Crippen molar-refractivity contribution in [2.75, 3.05) is 26.4 Å². The third kappa shape index (κ3) is 3.74. The molecule has 0 aliphatic carbocycles. The van der Waals surface area contributed by atoms with Crippen molar-refractivity contribution in [3.05, 3.63) is 36.5 Å². The highest BCUT2D eigenvalue weighted by atomic mass is 16.5. The Balaban J connectivity index is 1.45. The third-order valence-corrected chi connectivity index (χ3v) is 3.78. The molecule has 0 saturated carbocycles. The van der Waals surface area contributed by atoms with Gasteiger partial charge in [0.15, 0.2) is 0 Å². The van der Waals surface area contributed by atoms with E-state index < -0.39 is 0 Å². The van der Waals surface area contributed by atoms with E-state index in [1.165, 1.54) is 0 Å². The standard InChI is InChI=1S/C17H20N2O3/c20-16(11-13-6-9-21-12-13)18-8-10-22-15-5-1-3-14-4-2-7-19-17(14)15/h1-5,7,13H,6,8-12H2,(H,18,20)/t13-/m1/s1. The molecule has 1 atom stereocenters. The summed E-state index contributed by atoms with van der Waals surface area (Å²) >= 11 is 0. The van der Waals surface area contributed by atoms with E-state index >= 15 is 0 Å². The van der Waals surface area contributed by atoms with Crippen LogP contribution in [0.4, 0.5) is 0 Å². The average molecular weight is 300 g/mol. The van der Waals surface area contributed by atoms with E-state index in [0.29, 0.717) is 32.1 Å². The Bertz CT molecular complexity index is 633. The van der Waals surface area contributed by atoms with E-state index in [-0.39, 0.29) is 5.91 Å². The molecule has 2 aromatic rings. The van der Waals surface area contributed by atoms with Gasteiger partial charge in [-0.25, -0.2) is 0 Å². The molecule has 1 fully saturated rings. The number of carbonyl (C=O) groups excluding carboxylic acids is 1. The SMILES string of the molecule is O=C(C[C@H]1CCOC1)NCCOc1cccc2cccnc12. The van der Waals surface area contributed by atoms with Crippen LogP contribution in [0.15, 0.2) is 36.5 Å². The van der Waals surface area contributed by atoms with Crippen LogP contribution in [0, 0.1) is 5.92 Å². The minimum absolute atomic E-state index is 0.0649. The molecule has 1 amide bonds. The monoisotopic (exact) mass is 300 g/mol. The number of nitrogens with zero attached hydrogens (tertiary/aromatic N) is 1. The lowest BCUT2D eigenvalue weighted by Crippen LogP contribution is -2.29. The van der Waals surface area contributed by atoms with Crippen molar-refractivity contribution >= 4 is 16.8 Å². The first-order valence-electron chi connectivity index (χ1n) is 7.64. The van der Waals surface area contributed by atoms with Gasteiger partial charge in [0.05, 0.1) is 6.54 Å². The van der Waals surface area contributed by atoms with Gasteiger partial charge in [0, 0.05) is 31.2 Å². The molecule has 2 heterocycles. The summed E-state index contributed by atoms with van der Waals surface area (Å²) in [4.78, 5) is 16.1. The van der Waals surface area contributed by atoms with Gasteiger partial charge in [0.1, 0.15) is 17.9 Å². The number of para-hydroxylation sites is 1. The maximum atomic E-state index is 11.8. The second kappa shape index (κ2) is 7.22. The Morgan fingerprint density at radius 3 is 3.14 bits per heavy atom. The van der Waals surface area contributed by atoms with E-state index in [2.05, 4.69) is 10.3 Å². The van der Waals surface area contributed by atoms with Gasteiger partial charge in [-0.2, -0.15) is 0 Å². The summed E-state index contributed by atoms with van der Waals surface area (Å²) in [7, 11) is 0. The Morgan fingerprint density at radius 1 is 1.36 bits per heavy atom. The van der Waals surface area contributed by atoms with Gasteiger partial charge < -0.3 is 14.8 Å². The maximum Gasteiger partial charge on any atom is 0.220 e. The van der Waals surface area contributed by atoms with Crippen molar-refractivity contribution in [2.45, 2.75) is 12.8 Å². The van der Waals surface area contributed by atoms with Crippen LogP contribution in [0.3, 0.4) is 0 Å². The van der Waals surface area contributed by atoms with Gasteiger partial charge >= 0.3 is 0 Å². The van der Waals surface area contributed by atoms with Crippen molar-refractivity contribution < 1.29 is 14.3 Å². The van der Waals surface area contributed by atoms with Crippen LogP contribution in [0.1, 0.15) is 12.8 Å². The summed E-state index contributed by atoms with van der Waals surface area (Å²) in [5.74, 6) is 1.18. The number of carbonyl (C=O) groups is 1. The predicted octanol–water partition coefficient (Wildman–Crippen LogP) is 2.16. The zero-order valence-corrected chi connectivity index (χ0v) is 12.5. The Hall–Kier alpha value is -2.14. The molecule has 5 nitrogen and oxygen atoms in total. The molecule has 1 aromatic carbocycles. The molecule has 5 heteroatoms. The van der Waals surface area contributed by atoms with E-state index in [0.717, 1.165) is 29.7 Å². The smallest absolute Gasteiger partial charge is 0.220 e. The van der Waals surface area contributed by atoms with E-state index in [1.54, 1.807) is 6.20 Å². The van der Waals surface area contributed by atoms with Crippen LogP contribution < -0.4 is 10.1 Å². The van der Waals surface area contributed by atoms with Crippen molar-refractivity contribution in [1.29, 1.82) is 0 Å². The molecule has 3 rings (SSSR count). The second-order valence-corrected chi connectivity index (χ2v) is 5.46. The number of pyridine rings is 1. The average Bonchev–Trinajstić information content (AvgIpc) is 3.04. The summed E-state index contributed by atoms with van der Waals surface area (Å²) in [6, 6.07) is 9.74. The zero-order valence-electron chi connectivity index (χ0n) is 12.5. The van der Waals surface area contributed by atoms with Gasteiger partial charge in [0.25, 0.3) is 0 Å². The number of ether oxygens (including phenoxy) is 2. The molecule has 1 aliphatic heterocycles. The fraction of sp³-hybridized carbons (Fsp3) is 0.412. The fourth-order valence-corrected chi connectivity index (χ4v) is 2.62. The van der Waals surface area contributed by atoms with Gasteiger partial charge in [-0.15, -0.1) is 0 Å². The highest BCUT2D eigenvalue weighted by molar-refractivity contribution is 5.84. The molecule has 0 spiro atoms. The molecular weight excluding hydrogens is 280 g/mol. The molecule has 0 unspecified atom stereocenters. The lowest BCUT2D eigenvalue weighted by Gasteiger charge is -2.11. The van der Waals surface area contributed by atoms with Crippen LogP contribution in [-0.2, 0) is 9.53 Å². The Morgan fingerprint density at radius 2 is 2.27 bits per heavy atom. The summed E-state index contributed by atoms with van der Waals surface area (Å²) in [5, 5.41) is 3.93. The fourth-order valence-electron chi connectivity index (χ4n) is 2.62. The summed E-state index contributed by atoms with van der Waals surface area (Å²) in [6.45, 7) is 2.40. The number of benzene rings is 1. The molecule has 0 radical (unpaired) electrons. The molecule has 1 N–H and O–H groups in total. The van der Waals surface area contributed by atoms with Crippen molar-refractivity contribution in [3.8, 4) is 5.75 Å². The molecule has 116 valence electrons. The van der Waals surface area contributed by atoms with Crippen molar-refractivity contribution in [3.63, 3.8) is 0 Å². The number of hydrogen-bond acceptors (Lipinski definition) is 4. The lowest BCUT2D eigenvalue weighted by atomic mass is 10.1. The van der Waals surface area contributed by atoms with Gasteiger partial charge in [-0.1, -0.05) is 18.2 Å². The van der Waals surface area contributed by atoms with Crippen LogP contribution in [0.2, 0.25) is 0 Å². The molecule has 0 bridgehead atoms. The van der Waals surface area contributed by atoms with E-state index in [1.807, 2.05) is 30.3 Å². The highest BCUT2D eigenvalue weighted by Crippen LogP contribution is 2.22. The molecule has 1 aromatic heterocycles. The summed E-state index contributed by atoms with van der Waals surface area (Å²) in [5.41, 5.74) is 0.847. The molecule has 1 saturated heterocycles. The quantitative estimate of drug-likeness (QED) is 0.831. The largest absolute Gasteiger partial charge is 0.489 e. The third-order valence-electron chi connectivity index (χ3n) is 3.78. The van der Waals surface area contributed by atoms with Crippen molar-refractivity contribution in [2.24, 2.45) is 5.92 Å². The predicted molar refractivity (Wildman–Crippen MR) is 83.8 cm³/mol. The van der Waals surface area contributed by atoms with Crippen LogP contribution in [-0.4, -0.2) is 37.3 Å². The molecule has 22 heavy (non-hydrogen) atoms. The lowest BCUT2D eigenvalue weighted by molar-refractivity contribution is -0.122. The van der Waals surface area contributed by atoms with Gasteiger partial charge in [0.2, 0.25) is 5.91 Å². The first-order valence-corrected chi connectivity index (χ1v) is 7.64. The highest BCUT2D eigenvalue weighted by Gasteiger charge is 2.18. The minimum atomic E-state index is 0.0649. The maximum absolute atomic E-state index is 11.8. The first-order chi connectivity index (χ1) is 10.8. The number of rotatable bonds is 6. The second-order valence-electron chi connectivity index (χ2n) is 5.46. The summed E-state index contributed by atoms with van der Waals surface area (Å²) in [6.07, 6.45) is 3.27. The topological polar surface area (TPSA) is 60.5 Å². The minimum Gasteiger partial charge on any atom is -0.489 e. The number of fused-ring (bicyclic) bond motifs is 1. The van der Waals surface area contributed by atoms with E-state index in [4.69, 9.17) is 9.47 Å². The number of nitrogens with one attached hydrogen (secondary N) is 1. The number of amides is 1. The van der Waals surface area contributed by atoms with Crippen molar-refractivity contribution in [1.82, 2.24) is 10.3 Å². The van der Waals surface area contributed by atoms with Crippen LogP contribution in [0.25, 0.3) is 10.9 Å². The number of hydrogen-bond donors (Lipinski definition) is 1. The zero-order chi connectivity index (χ0) is 15.2. The molecule has 1 aliphatic rings. The van der Waals surface area contributed by atoms with Crippen LogP contribution >= 0.6 is 0 Å². The first kappa shape index (κ1) is 14.8. The molecular formula is C17H20N2O3. The summed E-state index contributed by atoms with van der Waals surface area (Å²) < 4.78 is 11.0. The Kier molecular flexibility index (Phi) is 4.85.